The lowest BCUT2D eigenvalue weighted by molar-refractivity contribution is -0.130. The molecule has 0 radical (unpaired) electrons. The van der Waals surface area contributed by atoms with Crippen LogP contribution in [0.4, 0.5) is 0 Å². The smallest absolute Gasteiger partial charge is 0.290 e. The Morgan fingerprint density at radius 2 is 2.17 bits per heavy atom. The van der Waals surface area contributed by atoms with E-state index < -0.39 is 17.7 Å². The van der Waals surface area contributed by atoms with Crippen molar-refractivity contribution in [3.8, 4) is 0 Å². The highest BCUT2D eigenvalue weighted by atomic mass is 32.1. The first-order valence-corrected chi connectivity index (χ1v) is 8.70. The highest BCUT2D eigenvalue weighted by molar-refractivity contribution is 7.10. The lowest BCUT2D eigenvalue weighted by Gasteiger charge is -2.25. The minimum Gasteiger partial charge on any atom is -0.503 e. The molecule has 0 aromatic carbocycles. The van der Waals surface area contributed by atoms with Gasteiger partial charge in [0.25, 0.3) is 5.91 Å². The first kappa shape index (κ1) is 16.5. The molecule has 0 saturated heterocycles. The highest BCUT2D eigenvalue weighted by Gasteiger charge is 2.44. The minimum atomic E-state index is -0.561. The molecule has 0 spiro atoms. The Labute approximate surface area is 144 Å². The van der Waals surface area contributed by atoms with Gasteiger partial charge in [0.1, 0.15) is 5.76 Å². The largest absolute Gasteiger partial charge is 0.503 e. The van der Waals surface area contributed by atoms with Crippen molar-refractivity contribution in [1.82, 2.24) is 4.90 Å². The maximum atomic E-state index is 12.6. The Kier molecular flexibility index (Phi) is 4.57. The van der Waals surface area contributed by atoms with Crippen molar-refractivity contribution in [2.75, 3.05) is 0 Å². The summed E-state index contributed by atoms with van der Waals surface area (Å²) in [6.45, 7) is 4.08. The number of carbonyl (C=O) groups is 2. The third kappa shape index (κ3) is 3.01. The Bertz CT molecular complexity index is 759. The van der Waals surface area contributed by atoms with Crippen molar-refractivity contribution in [1.29, 1.82) is 0 Å². The van der Waals surface area contributed by atoms with Gasteiger partial charge in [-0.3, -0.25) is 9.59 Å². The van der Waals surface area contributed by atoms with Crippen LogP contribution in [0.2, 0.25) is 0 Å². The maximum absolute atomic E-state index is 12.6. The van der Waals surface area contributed by atoms with Crippen LogP contribution in [0.3, 0.4) is 0 Å². The van der Waals surface area contributed by atoms with E-state index in [0.29, 0.717) is 12.2 Å². The summed E-state index contributed by atoms with van der Waals surface area (Å²) in [7, 11) is 0. The zero-order valence-electron chi connectivity index (χ0n) is 13.6. The van der Waals surface area contributed by atoms with E-state index in [2.05, 4.69) is 0 Å². The van der Waals surface area contributed by atoms with E-state index >= 15 is 0 Å². The number of amides is 1. The van der Waals surface area contributed by atoms with Gasteiger partial charge in [-0.25, -0.2) is 0 Å². The van der Waals surface area contributed by atoms with Gasteiger partial charge in [-0.1, -0.05) is 19.9 Å². The van der Waals surface area contributed by atoms with Gasteiger partial charge in [0.15, 0.2) is 11.5 Å². The lowest BCUT2D eigenvalue weighted by Crippen LogP contribution is -2.30. The third-order valence-corrected chi connectivity index (χ3v) is 4.84. The molecule has 1 N–H and O–H groups in total. The quantitative estimate of drug-likeness (QED) is 0.863. The Morgan fingerprint density at radius 3 is 2.75 bits per heavy atom. The molecule has 126 valence electrons. The van der Waals surface area contributed by atoms with Crippen molar-refractivity contribution in [2.45, 2.75) is 32.9 Å². The summed E-state index contributed by atoms with van der Waals surface area (Å²) in [5, 5.41) is 12.2. The zero-order valence-corrected chi connectivity index (χ0v) is 14.4. The number of nitrogens with zero attached hydrogens (tertiary/aromatic N) is 1. The summed E-state index contributed by atoms with van der Waals surface area (Å²) in [4.78, 5) is 27.6. The van der Waals surface area contributed by atoms with E-state index in [-0.39, 0.29) is 23.8 Å². The van der Waals surface area contributed by atoms with Crippen LogP contribution in [-0.2, 0) is 16.1 Å². The summed E-state index contributed by atoms with van der Waals surface area (Å²) in [5.41, 5.74) is 0.197. The van der Waals surface area contributed by atoms with Crippen LogP contribution >= 0.6 is 11.3 Å². The van der Waals surface area contributed by atoms with Gasteiger partial charge >= 0.3 is 0 Å². The normalized spacial score (nSPS) is 18.0. The summed E-state index contributed by atoms with van der Waals surface area (Å²) < 4.78 is 5.33. The molecule has 3 heterocycles. The van der Waals surface area contributed by atoms with Crippen LogP contribution in [0.5, 0.6) is 0 Å². The van der Waals surface area contributed by atoms with Crippen LogP contribution in [0.25, 0.3) is 0 Å². The van der Waals surface area contributed by atoms with E-state index in [4.69, 9.17) is 4.42 Å². The highest BCUT2D eigenvalue weighted by Crippen LogP contribution is 2.41. The number of aliphatic hydroxyl groups excluding tert-OH is 1. The molecule has 0 bridgehead atoms. The number of ketones is 1. The average molecular weight is 345 g/mol. The number of carbonyl (C=O) groups excluding carboxylic acids is 2. The van der Waals surface area contributed by atoms with Crippen LogP contribution in [0.15, 0.2) is 51.7 Å². The number of aliphatic hydroxyl groups is 1. The van der Waals surface area contributed by atoms with Gasteiger partial charge in [-0.05, 0) is 29.5 Å². The lowest BCUT2D eigenvalue weighted by atomic mass is 9.95. The SMILES string of the molecule is CC(C)CC(=O)C1=C(O)C(=O)N(Cc2ccco2)C1c1cccs1. The number of rotatable bonds is 6. The summed E-state index contributed by atoms with van der Waals surface area (Å²) >= 11 is 1.46. The van der Waals surface area contributed by atoms with Crippen LogP contribution in [0, 0.1) is 5.92 Å². The predicted octanol–water partition coefficient (Wildman–Crippen LogP) is 3.85. The zero-order chi connectivity index (χ0) is 17.3. The first-order chi connectivity index (χ1) is 11.5. The van der Waals surface area contributed by atoms with Crippen molar-refractivity contribution in [3.63, 3.8) is 0 Å². The van der Waals surface area contributed by atoms with Crippen molar-refractivity contribution >= 4 is 23.0 Å². The van der Waals surface area contributed by atoms with Gasteiger partial charge in [-0.2, -0.15) is 0 Å². The molecule has 5 nitrogen and oxygen atoms in total. The molecule has 1 aliphatic heterocycles. The predicted molar refractivity (Wildman–Crippen MR) is 90.4 cm³/mol. The fourth-order valence-electron chi connectivity index (χ4n) is 2.90. The van der Waals surface area contributed by atoms with Crippen LogP contribution < -0.4 is 0 Å². The molecule has 0 fully saturated rings. The van der Waals surface area contributed by atoms with E-state index in [0.717, 1.165) is 4.88 Å². The molecular formula is C18H19NO4S. The van der Waals surface area contributed by atoms with Crippen molar-refractivity contribution in [3.05, 3.63) is 57.9 Å². The second-order valence-electron chi connectivity index (χ2n) is 6.21. The van der Waals surface area contributed by atoms with E-state index in [1.807, 2.05) is 31.4 Å². The molecule has 0 saturated carbocycles. The molecule has 6 heteroatoms. The summed E-state index contributed by atoms with van der Waals surface area (Å²) in [5.74, 6) is -0.398. The fraction of sp³-hybridized carbons (Fsp3) is 0.333. The Morgan fingerprint density at radius 1 is 1.38 bits per heavy atom. The minimum absolute atomic E-state index is 0.149. The third-order valence-electron chi connectivity index (χ3n) is 3.92. The summed E-state index contributed by atoms with van der Waals surface area (Å²) in [6, 6.07) is 6.70. The Balaban J connectivity index is 1.99. The second kappa shape index (κ2) is 6.65. The van der Waals surface area contributed by atoms with Crippen molar-refractivity contribution < 1.29 is 19.1 Å². The molecule has 2 aromatic heterocycles. The van der Waals surface area contributed by atoms with E-state index in [1.54, 1.807) is 12.1 Å². The molecule has 3 rings (SSSR count). The van der Waals surface area contributed by atoms with Gasteiger partial charge in [0, 0.05) is 11.3 Å². The standard InChI is InChI=1S/C18H19NO4S/c1-11(2)9-13(20)15-16(14-6-4-8-24-14)19(18(22)17(15)21)10-12-5-3-7-23-12/h3-8,11,16,21H,9-10H2,1-2H3. The van der Waals surface area contributed by atoms with E-state index in [9.17, 15) is 14.7 Å². The second-order valence-corrected chi connectivity index (χ2v) is 7.19. The maximum Gasteiger partial charge on any atom is 0.290 e. The molecule has 2 aromatic rings. The molecule has 1 unspecified atom stereocenters. The average Bonchev–Trinajstić information content (AvgIpc) is 3.24. The van der Waals surface area contributed by atoms with Gasteiger partial charge in [-0.15, -0.1) is 11.3 Å². The molecular weight excluding hydrogens is 326 g/mol. The molecule has 24 heavy (non-hydrogen) atoms. The number of furan rings is 1. The summed E-state index contributed by atoms with van der Waals surface area (Å²) in [6.07, 6.45) is 1.83. The number of Topliss-reactive ketones (excluding diaryl/α,β-unsaturated/α-hetero) is 1. The molecule has 1 aliphatic rings. The van der Waals surface area contributed by atoms with Crippen LogP contribution in [0.1, 0.15) is 36.9 Å². The monoisotopic (exact) mass is 345 g/mol. The number of hydrogen-bond donors (Lipinski definition) is 1. The molecule has 1 amide bonds. The first-order valence-electron chi connectivity index (χ1n) is 7.82. The number of hydrogen-bond acceptors (Lipinski definition) is 5. The van der Waals surface area contributed by atoms with Crippen molar-refractivity contribution in [2.24, 2.45) is 5.92 Å². The molecule has 0 aliphatic carbocycles. The van der Waals surface area contributed by atoms with Gasteiger partial charge in [0.2, 0.25) is 0 Å². The number of thiophene rings is 1. The Hall–Kier alpha value is -2.34. The molecule has 1 atom stereocenters. The van der Waals surface area contributed by atoms with Gasteiger partial charge in [0.05, 0.1) is 24.4 Å². The van der Waals surface area contributed by atoms with Gasteiger partial charge < -0.3 is 14.4 Å². The fourth-order valence-corrected chi connectivity index (χ4v) is 3.74. The van der Waals surface area contributed by atoms with Crippen LogP contribution in [-0.4, -0.2) is 21.7 Å². The van der Waals surface area contributed by atoms with E-state index in [1.165, 1.54) is 22.5 Å². The topological polar surface area (TPSA) is 70.8 Å².